The van der Waals surface area contributed by atoms with Gasteiger partial charge in [-0.3, -0.25) is 14.6 Å². The molecule has 2 rings (SSSR count). The van der Waals surface area contributed by atoms with Crippen LogP contribution in [0.1, 0.15) is 24.3 Å². The highest BCUT2D eigenvalue weighted by Crippen LogP contribution is 2.10. The fraction of sp³-hybridized carbons (Fsp3) is 0.571. The highest BCUT2D eigenvalue weighted by Gasteiger charge is 2.30. The molecule has 1 aromatic heterocycles. The number of aliphatic hydroxyl groups excluding tert-OH is 1. The van der Waals surface area contributed by atoms with E-state index in [1.54, 1.807) is 4.90 Å². The lowest BCUT2D eigenvalue weighted by atomic mass is 10.2. The smallest absolute Gasteiger partial charge is 0.274 e. The molecule has 1 aromatic rings. The molecule has 0 radical (unpaired) electrons. The van der Waals surface area contributed by atoms with Crippen LogP contribution in [-0.4, -0.2) is 69.0 Å². The molecule has 0 spiro atoms. The molecule has 1 aliphatic rings. The highest BCUT2D eigenvalue weighted by atomic mass is 16.3. The number of aromatic nitrogens is 2. The Bertz CT molecular complexity index is 506. The number of rotatable bonds is 3. The summed E-state index contributed by atoms with van der Waals surface area (Å²) in [6, 6.07) is 0. The first-order valence-electron chi connectivity index (χ1n) is 6.98. The number of carbonyl (C=O) groups is 2. The van der Waals surface area contributed by atoms with Crippen molar-refractivity contribution in [3.05, 3.63) is 24.3 Å². The summed E-state index contributed by atoms with van der Waals surface area (Å²) in [4.78, 5) is 35.3. The summed E-state index contributed by atoms with van der Waals surface area (Å²) in [6.45, 7) is 4.92. The van der Waals surface area contributed by atoms with Gasteiger partial charge in [-0.1, -0.05) is 13.8 Å². The van der Waals surface area contributed by atoms with Crippen molar-refractivity contribution >= 4 is 11.8 Å². The Morgan fingerprint density at radius 3 is 2.81 bits per heavy atom. The Hall–Kier alpha value is -2.02. The Morgan fingerprint density at radius 1 is 1.43 bits per heavy atom. The summed E-state index contributed by atoms with van der Waals surface area (Å²) < 4.78 is 0. The normalized spacial score (nSPS) is 19.8. The predicted octanol–water partition coefficient (Wildman–Crippen LogP) is -0.222. The summed E-state index contributed by atoms with van der Waals surface area (Å²) in [7, 11) is 0. The molecule has 0 aromatic carbocycles. The fourth-order valence-corrected chi connectivity index (χ4v) is 2.34. The minimum absolute atomic E-state index is 0.0425. The van der Waals surface area contributed by atoms with E-state index in [1.807, 2.05) is 13.8 Å². The molecule has 0 saturated carbocycles. The number of aliphatic hydroxyl groups is 1. The van der Waals surface area contributed by atoms with Gasteiger partial charge in [-0.25, -0.2) is 4.98 Å². The molecule has 1 aliphatic heterocycles. The first-order valence-corrected chi connectivity index (χ1v) is 6.98. The summed E-state index contributed by atoms with van der Waals surface area (Å²) in [5.74, 6) is -0.234. The molecule has 0 aliphatic carbocycles. The maximum Gasteiger partial charge on any atom is 0.274 e. The molecule has 7 nitrogen and oxygen atoms in total. The highest BCUT2D eigenvalue weighted by molar-refractivity contribution is 5.94. The average Bonchev–Trinajstić information content (AvgIpc) is 2.58. The van der Waals surface area contributed by atoms with Crippen LogP contribution in [0.25, 0.3) is 0 Å². The van der Waals surface area contributed by atoms with E-state index in [4.69, 9.17) is 0 Å². The Morgan fingerprint density at radius 2 is 2.19 bits per heavy atom. The van der Waals surface area contributed by atoms with Crippen LogP contribution in [0.3, 0.4) is 0 Å². The van der Waals surface area contributed by atoms with Crippen LogP contribution in [0.4, 0.5) is 0 Å². The quantitative estimate of drug-likeness (QED) is 0.832. The van der Waals surface area contributed by atoms with Crippen LogP contribution in [0.2, 0.25) is 0 Å². The van der Waals surface area contributed by atoms with Gasteiger partial charge in [0.2, 0.25) is 5.91 Å². The largest absolute Gasteiger partial charge is 0.389 e. The second-order valence-corrected chi connectivity index (χ2v) is 5.62. The topological polar surface area (TPSA) is 86.6 Å². The van der Waals surface area contributed by atoms with Gasteiger partial charge >= 0.3 is 0 Å². The van der Waals surface area contributed by atoms with Gasteiger partial charge in [0.25, 0.3) is 5.91 Å². The second kappa shape index (κ2) is 6.62. The van der Waals surface area contributed by atoms with Gasteiger partial charge in [0, 0.05) is 32.0 Å². The summed E-state index contributed by atoms with van der Waals surface area (Å²) >= 11 is 0. The monoisotopic (exact) mass is 292 g/mol. The number of hydrogen-bond acceptors (Lipinski definition) is 5. The molecule has 2 heterocycles. The first-order chi connectivity index (χ1) is 9.97. The third-order valence-corrected chi connectivity index (χ3v) is 3.20. The lowest BCUT2D eigenvalue weighted by Gasteiger charge is -2.23. The number of carbonyl (C=O) groups excluding carboxylic acids is 2. The van der Waals surface area contributed by atoms with Crippen molar-refractivity contribution in [3.8, 4) is 0 Å². The molecule has 1 atom stereocenters. The van der Waals surface area contributed by atoms with Crippen molar-refractivity contribution in [2.75, 3.05) is 26.2 Å². The molecule has 1 unspecified atom stereocenters. The molecular formula is C14H20N4O3. The van der Waals surface area contributed by atoms with Crippen LogP contribution in [-0.2, 0) is 4.79 Å². The zero-order valence-corrected chi connectivity index (χ0v) is 12.3. The van der Waals surface area contributed by atoms with Crippen molar-refractivity contribution < 1.29 is 14.7 Å². The van der Waals surface area contributed by atoms with Gasteiger partial charge < -0.3 is 14.9 Å². The van der Waals surface area contributed by atoms with E-state index in [0.717, 1.165) is 0 Å². The van der Waals surface area contributed by atoms with Crippen LogP contribution < -0.4 is 0 Å². The van der Waals surface area contributed by atoms with Gasteiger partial charge in [0.1, 0.15) is 12.2 Å². The zero-order chi connectivity index (χ0) is 15.4. The van der Waals surface area contributed by atoms with Crippen LogP contribution in [0, 0.1) is 5.92 Å². The van der Waals surface area contributed by atoms with Crippen molar-refractivity contribution in [3.63, 3.8) is 0 Å². The van der Waals surface area contributed by atoms with E-state index in [0.29, 0.717) is 12.5 Å². The van der Waals surface area contributed by atoms with Gasteiger partial charge in [-0.15, -0.1) is 0 Å². The van der Waals surface area contributed by atoms with Crippen LogP contribution >= 0.6 is 0 Å². The number of hydrogen-bond donors (Lipinski definition) is 1. The van der Waals surface area contributed by atoms with Crippen molar-refractivity contribution in [1.29, 1.82) is 0 Å². The molecule has 21 heavy (non-hydrogen) atoms. The second-order valence-electron chi connectivity index (χ2n) is 5.62. The third kappa shape index (κ3) is 3.98. The van der Waals surface area contributed by atoms with Gasteiger partial charge in [0.05, 0.1) is 12.3 Å². The molecule has 1 fully saturated rings. The number of nitrogens with zero attached hydrogens (tertiary/aromatic N) is 4. The van der Waals surface area contributed by atoms with Crippen LogP contribution in [0.15, 0.2) is 18.6 Å². The molecule has 1 saturated heterocycles. The van der Waals surface area contributed by atoms with E-state index < -0.39 is 6.10 Å². The van der Waals surface area contributed by atoms with Crippen molar-refractivity contribution in [2.24, 2.45) is 5.92 Å². The number of β-amino-alcohol motifs (C(OH)–C–C–N with tert-alkyl or cyclic N) is 1. The van der Waals surface area contributed by atoms with E-state index in [9.17, 15) is 14.7 Å². The maximum atomic E-state index is 12.3. The first kappa shape index (κ1) is 15.4. The minimum atomic E-state index is -0.754. The SMILES string of the molecule is CC(C)CN1CC(O)CN(C(=O)c2cnccn2)CC1=O. The zero-order valence-electron chi connectivity index (χ0n) is 12.3. The fourth-order valence-electron chi connectivity index (χ4n) is 2.34. The van der Waals surface area contributed by atoms with Crippen molar-refractivity contribution in [1.82, 2.24) is 19.8 Å². The number of amides is 2. The van der Waals surface area contributed by atoms with E-state index in [-0.39, 0.29) is 37.1 Å². The standard InChI is InChI=1S/C14H20N4O3/c1-10(2)6-17-7-11(19)8-18(9-13(17)20)14(21)12-5-15-3-4-16-12/h3-5,10-11,19H,6-9H2,1-2H3. The molecule has 7 heteroatoms. The lowest BCUT2D eigenvalue weighted by molar-refractivity contribution is -0.131. The van der Waals surface area contributed by atoms with E-state index in [1.165, 1.54) is 23.5 Å². The van der Waals surface area contributed by atoms with Gasteiger partial charge in [0.15, 0.2) is 0 Å². The molecule has 0 bridgehead atoms. The van der Waals surface area contributed by atoms with E-state index >= 15 is 0 Å². The summed E-state index contributed by atoms with van der Waals surface area (Å²) in [5.41, 5.74) is 0.176. The maximum absolute atomic E-state index is 12.3. The van der Waals surface area contributed by atoms with Gasteiger partial charge in [-0.05, 0) is 5.92 Å². The third-order valence-electron chi connectivity index (χ3n) is 3.20. The molecule has 114 valence electrons. The molecular weight excluding hydrogens is 272 g/mol. The molecule has 2 amide bonds. The predicted molar refractivity (Wildman–Crippen MR) is 75.4 cm³/mol. The Labute approximate surface area is 123 Å². The Kier molecular flexibility index (Phi) is 4.85. The van der Waals surface area contributed by atoms with Gasteiger partial charge in [-0.2, -0.15) is 0 Å². The van der Waals surface area contributed by atoms with Crippen molar-refractivity contribution in [2.45, 2.75) is 20.0 Å². The Balaban J connectivity index is 2.12. The summed E-state index contributed by atoms with van der Waals surface area (Å²) in [6.07, 6.45) is 3.50. The van der Waals surface area contributed by atoms with Crippen LogP contribution in [0.5, 0.6) is 0 Å². The molecule has 1 N–H and O–H groups in total. The minimum Gasteiger partial charge on any atom is -0.389 e. The summed E-state index contributed by atoms with van der Waals surface area (Å²) in [5, 5.41) is 10.0. The average molecular weight is 292 g/mol. The van der Waals surface area contributed by atoms with E-state index in [2.05, 4.69) is 9.97 Å². The lowest BCUT2D eigenvalue weighted by Crippen LogP contribution is -2.40.